The molecule has 296 valence electrons. The SMILES string of the molecule is C[C@@H](Nc1ncnc2nc[nH]c12)c1cc(F)c2cccnc2c1-c1cccc(F)c1.C[C@H](Nc1ncnc2nc[nH]c12)c1cc(F)c2cccnc2c1-c1cccc(F)c1. The van der Waals surface area contributed by atoms with Gasteiger partial charge in [-0.25, -0.2) is 47.5 Å². The van der Waals surface area contributed by atoms with E-state index >= 15 is 0 Å². The van der Waals surface area contributed by atoms with Crippen LogP contribution in [0.3, 0.4) is 0 Å². The van der Waals surface area contributed by atoms with E-state index in [9.17, 15) is 17.6 Å². The van der Waals surface area contributed by atoms with Crippen molar-refractivity contribution in [2.24, 2.45) is 0 Å². The molecule has 4 aromatic carbocycles. The topological polar surface area (TPSA) is 159 Å². The Hall–Kier alpha value is -7.88. The number of imidazole rings is 2. The number of H-pyrrole nitrogens is 2. The van der Waals surface area contributed by atoms with Crippen molar-refractivity contribution < 1.29 is 17.6 Å². The van der Waals surface area contributed by atoms with Gasteiger partial charge in [0.2, 0.25) is 0 Å². The number of aromatic nitrogens is 10. The van der Waals surface area contributed by atoms with Crippen molar-refractivity contribution in [3.05, 3.63) is 157 Å². The minimum absolute atomic E-state index is 0.370. The first-order valence-corrected chi connectivity index (χ1v) is 18.7. The van der Waals surface area contributed by atoms with Crippen LogP contribution in [-0.4, -0.2) is 49.8 Å². The zero-order chi connectivity index (χ0) is 41.3. The van der Waals surface area contributed by atoms with Gasteiger partial charge >= 0.3 is 0 Å². The third kappa shape index (κ3) is 7.14. The number of rotatable bonds is 8. The van der Waals surface area contributed by atoms with Gasteiger partial charge in [-0.05, 0) is 96.8 Å². The molecule has 0 bridgehead atoms. The third-order valence-electron chi connectivity index (χ3n) is 10.1. The van der Waals surface area contributed by atoms with E-state index in [0.29, 0.717) is 89.2 Å². The van der Waals surface area contributed by atoms with Crippen molar-refractivity contribution in [2.75, 3.05) is 10.6 Å². The van der Waals surface area contributed by atoms with Crippen LogP contribution in [0.2, 0.25) is 0 Å². The van der Waals surface area contributed by atoms with Crippen LogP contribution in [0, 0.1) is 23.3 Å². The van der Waals surface area contributed by atoms with E-state index in [1.165, 1.54) is 61.7 Å². The first-order chi connectivity index (χ1) is 29.2. The molecule has 0 spiro atoms. The molecule has 10 rings (SSSR count). The molecule has 16 heteroatoms. The minimum atomic E-state index is -0.392. The number of hydrogen-bond donors (Lipinski definition) is 4. The van der Waals surface area contributed by atoms with Gasteiger partial charge in [0, 0.05) is 34.3 Å². The molecule has 0 aliphatic carbocycles. The van der Waals surface area contributed by atoms with Gasteiger partial charge in [0.05, 0.1) is 35.8 Å². The van der Waals surface area contributed by atoms with Crippen LogP contribution >= 0.6 is 0 Å². The average Bonchev–Trinajstić information content (AvgIpc) is 3.96. The normalized spacial score (nSPS) is 12.4. The van der Waals surface area contributed by atoms with Crippen LogP contribution < -0.4 is 10.6 Å². The summed E-state index contributed by atoms with van der Waals surface area (Å²) >= 11 is 0. The average molecular weight is 805 g/mol. The van der Waals surface area contributed by atoms with Crippen molar-refractivity contribution in [1.82, 2.24) is 49.8 Å². The first kappa shape index (κ1) is 37.7. The lowest BCUT2D eigenvalue weighted by Crippen LogP contribution is -2.11. The summed E-state index contributed by atoms with van der Waals surface area (Å²) in [6.07, 6.45) is 9.10. The van der Waals surface area contributed by atoms with Crippen LogP contribution in [0.25, 0.3) is 66.4 Å². The zero-order valence-electron chi connectivity index (χ0n) is 31.8. The van der Waals surface area contributed by atoms with Crippen molar-refractivity contribution in [2.45, 2.75) is 25.9 Å². The van der Waals surface area contributed by atoms with Crippen LogP contribution in [0.15, 0.2) is 123 Å². The van der Waals surface area contributed by atoms with Crippen molar-refractivity contribution >= 4 is 55.8 Å². The standard InChI is InChI=1S/2C22H16F2N6/c2*1-12(30-22-20-21(27-10-26-20)28-11-29-22)16-9-17(24)15-6-3-7-25-19(15)18(16)13-4-2-5-14(23)8-13/h2*2-12H,1H3,(H2,26,27,28,29,30)/t2*12-/m10/s1. The fourth-order valence-electron chi connectivity index (χ4n) is 7.33. The van der Waals surface area contributed by atoms with Gasteiger partial charge in [-0.2, -0.15) is 0 Å². The highest BCUT2D eigenvalue weighted by molar-refractivity contribution is 5.97. The minimum Gasteiger partial charge on any atom is -0.362 e. The molecule has 0 saturated heterocycles. The summed E-state index contributed by atoms with van der Waals surface area (Å²) < 4.78 is 57.9. The molecular formula is C44H32F4N12. The van der Waals surface area contributed by atoms with Crippen molar-refractivity contribution in [3.63, 3.8) is 0 Å². The molecular weight excluding hydrogens is 773 g/mol. The molecule has 0 radical (unpaired) electrons. The second-order valence-electron chi connectivity index (χ2n) is 13.8. The van der Waals surface area contributed by atoms with Gasteiger partial charge in [-0.15, -0.1) is 0 Å². The highest BCUT2D eigenvalue weighted by Crippen LogP contribution is 2.39. The quantitative estimate of drug-likeness (QED) is 0.109. The Kier molecular flexibility index (Phi) is 9.93. The number of pyridine rings is 2. The molecule has 0 unspecified atom stereocenters. The third-order valence-corrected chi connectivity index (χ3v) is 10.1. The van der Waals surface area contributed by atoms with E-state index in [2.05, 4.69) is 60.5 Å². The summed E-state index contributed by atoms with van der Waals surface area (Å²) in [4.78, 5) is 39.9. The predicted octanol–water partition coefficient (Wildman–Crippen LogP) is 10.0. The Morgan fingerprint density at radius 2 is 0.950 bits per heavy atom. The lowest BCUT2D eigenvalue weighted by Gasteiger charge is -2.21. The highest BCUT2D eigenvalue weighted by atomic mass is 19.1. The number of fused-ring (bicyclic) bond motifs is 4. The second kappa shape index (κ2) is 15.8. The highest BCUT2D eigenvalue weighted by Gasteiger charge is 2.23. The van der Waals surface area contributed by atoms with E-state index in [0.717, 1.165) is 0 Å². The van der Waals surface area contributed by atoms with E-state index in [4.69, 9.17) is 0 Å². The van der Waals surface area contributed by atoms with Crippen molar-refractivity contribution in [3.8, 4) is 22.3 Å². The first-order valence-electron chi connectivity index (χ1n) is 18.7. The number of nitrogens with one attached hydrogen (secondary N) is 4. The molecule has 0 aliphatic heterocycles. The van der Waals surface area contributed by atoms with Gasteiger partial charge in [0.1, 0.15) is 47.0 Å². The largest absolute Gasteiger partial charge is 0.362 e. The van der Waals surface area contributed by atoms with E-state index in [1.54, 1.807) is 60.9 Å². The maximum absolute atomic E-state index is 14.9. The van der Waals surface area contributed by atoms with E-state index < -0.39 is 11.6 Å². The van der Waals surface area contributed by atoms with Crippen LogP contribution in [-0.2, 0) is 0 Å². The lowest BCUT2D eigenvalue weighted by molar-refractivity contribution is 0.627. The zero-order valence-corrected chi connectivity index (χ0v) is 31.8. The molecule has 0 saturated carbocycles. The van der Waals surface area contributed by atoms with Gasteiger partial charge in [-0.3, -0.25) is 9.97 Å². The maximum atomic E-state index is 14.9. The molecule has 10 aromatic rings. The van der Waals surface area contributed by atoms with E-state index in [-0.39, 0.29) is 23.7 Å². The Bertz CT molecular complexity index is 2970. The van der Waals surface area contributed by atoms with Crippen molar-refractivity contribution in [1.29, 1.82) is 0 Å². The monoisotopic (exact) mass is 804 g/mol. The number of hydrogen-bond acceptors (Lipinski definition) is 10. The predicted molar refractivity (Wildman–Crippen MR) is 222 cm³/mol. The summed E-state index contributed by atoms with van der Waals surface area (Å²) in [5.74, 6) is -0.453. The molecule has 6 heterocycles. The molecule has 60 heavy (non-hydrogen) atoms. The summed E-state index contributed by atoms with van der Waals surface area (Å²) in [6.45, 7) is 3.77. The van der Waals surface area contributed by atoms with Crippen LogP contribution in [0.1, 0.15) is 37.1 Å². The van der Waals surface area contributed by atoms with Crippen LogP contribution in [0.5, 0.6) is 0 Å². The smallest absolute Gasteiger partial charge is 0.182 e. The second-order valence-corrected chi connectivity index (χ2v) is 13.8. The molecule has 0 aliphatic rings. The molecule has 6 aromatic heterocycles. The fourth-order valence-corrected chi connectivity index (χ4v) is 7.33. The molecule has 0 fully saturated rings. The summed E-state index contributed by atoms with van der Waals surface area (Å²) in [7, 11) is 0. The van der Waals surface area contributed by atoms with Gasteiger partial charge in [0.25, 0.3) is 0 Å². The van der Waals surface area contributed by atoms with Crippen LogP contribution in [0.4, 0.5) is 29.2 Å². The molecule has 0 amide bonds. The summed E-state index contributed by atoms with van der Waals surface area (Å²) in [5, 5.41) is 7.35. The number of benzene rings is 4. The molecule has 4 N–H and O–H groups in total. The van der Waals surface area contributed by atoms with Gasteiger partial charge in [-0.1, -0.05) is 24.3 Å². The molecule has 12 nitrogen and oxygen atoms in total. The Morgan fingerprint density at radius 3 is 1.38 bits per heavy atom. The number of anilines is 2. The van der Waals surface area contributed by atoms with Gasteiger partial charge < -0.3 is 20.6 Å². The number of aromatic amines is 2. The Balaban J connectivity index is 0.000000154. The van der Waals surface area contributed by atoms with E-state index in [1.807, 2.05) is 13.8 Å². The summed E-state index contributed by atoms with van der Waals surface area (Å²) in [5.41, 5.74) is 7.14. The number of halogens is 4. The maximum Gasteiger partial charge on any atom is 0.182 e. The Labute approximate surface area is 338 Å². The molecule has 2 atom stereocenters. The van der Waals surface area contributed by atoms with Gasteiger partial charge in [0.15, 0.2) is 22.9 Å². The number of nitrogens with zero attached hydrogens (tertiary/aromatic N) is 8. The Morgan fingerprint density at radius 1 is 0.500 bits per heavy atom. The summed E-state index contributed by atoms with van der Waals surface area (Å²) in [6, 6.07) is 21.3. The fraction of sp³-hybridized carbons (Fsp3) is 0.0909. The lowest BCUT2D eigenvalue weighted by atomic mass is 9.92.